The number of aromatic hydroxyl groups is 1. The lowest BCUT2D eigenvalue weighted by Crippen LogP contribution is -2.29. The summed E-state index contributed by atoms with van der Waals surface area (Å²) in [7, 11) is -4.76. The number of aliphatic hydroxyl groups is 1. The second kappa shape index (κ2) is 9.77. The van der Waals surface area contributed by atoms with E-state index in [1.54, 1.807) is 12.1 Å². The van der Waals surface area contributed by atoms with Crippen molar-refractivity contribution in [1.82, 2.24) is 9.55 Å². The van der Waals surface area contributed by atoms with Crippen molar-refractivity contribution < 1.29 is 38.6 Å². The van der Waals surface area contributed by atoms with Crippen molar-refractivity contribution in [2.75, 3.05) is 17.7 Å². The van der Waals surface area contributed by atoms with Gasteiger partial charge in [0.25, 0.3) is 0 Å². The second-order valence-electron chi connectivity index (χ2n) is 7.16. The minimum atomic E-state index is -4.76. The van der Waals surface area contributed by atoms with Crippen molar-refractivity contribution in [1.29, 1.82) is 0 Å². The number of nitrogens with zero attached hydrogens (tertiary/aromatic N) is 2. The first-order valence-corrected chi connectivity index (χ1v) is 11.0. The van der Waals surface area contributed by atoms with Gasteiger partial charge in [0, 0.05) is 19.0 Å². The van der Waals surface area contributed by atoms with Crippen LogP contribution in [0.1, 0.15) is 24.6 Å². The third kappa shape index (κ3) is 6.36. The molecular formula is C18H23N4O9P. The highest BCUT2D eigenvalue weighted by molar-refractivity contribution is 7.46. The van der Waals surface area contributed by atoms with E-state index in [0.717, 1.165) is 10.1 Å². The van der Waals surface area contributed by atoms with Gasteiger partial charge in [-0.25, -0.2) is 9.36 Å². The summed E-state index contributed by atoms with van der Waals surface area (Å²) in [5.74, 6) is -0.477. The molecule has 0 radical (unpaired) electrons. The summed E-state index contributed by atoms with van der Waals surface area (Å²) in [5.41, 5.74) is 5.86. The molecule has 13 nitrogen and oxygen atoms in total. The largest absolute Gasteiger partial charge is 0.508 e. The fourth-order valence-electron chi connectivity index (χ4n) is 3.12. The molecule has 2 aromatic rings. The highest BCUT2D eigenvalue weighted by Crippen LogP contribution is 2.38. The first kappa shape index (κ1) is 23.9. The lowest BCUT2D eigenvalue weighted by atomic mass is 10.1. The molecule has 0 saturated carbocycles. The zero-order chi connectivity index (χ0) is 23.5. The Morgan fingerprint density at radius 3 is 2.69 bits per heavy atom. The molecule has 14 heteroatoms. The van der Waals surface area contributed by atoms with E-state index in [1.807, 2.05) is 0 Å². The van der Waals surface area contributed by atoms with Crippen molar-refractivity contribution in [3.8, 4) is 5.75 Å². The van der Waals surface area contributed by atoms with Crippen LogP contribution in [0, 0.1) is 0 Å². The monoisotopic (exact) mass is 470 g/mol. The molecule has 1 aliphatic rings. The van der Waals surface area contributed by atoms with E-state index in [1.165, 1.54) is 18.3 Å². The topological polar surface area (TPSA) is 206 Å². The number of anilines is 2. The maximum atomic E-state index is 12.3. The molecule has 174 valence electrons. The van der Waals surface area contributed by atoms with Crippen LogP contribution in [0.15, 0.2) is 35.3 Å². The molecule has 3 atom stereocenters. The summed E-state index contributed by atoms with van der Waals surface area (Å²) in [4.78, 5) is 45.8. The lowest BCUT2D eigenvalue weighted by Gasteiger charge is -2.17. The Bertz CT molecular complexity index is 1070. The molecule has 32 heavy (non-hydrogen) atoms. The van der Waals surface area contributed by atoms with Crippen LogP contribution in [0.2, 0.25) is 0 Å². The van der Waals surface area contributed by atoms with Gasteiger partial charge in [0.1, 0.15) is 23.8 Å². The van der Waals surface area contributed by atoms with Crippen molar-refractivity contribution in [3.05, 3.63) is 46.5 Å². The van der Waals surface area contributed by atoms with Gasteiger partial charge in [-0.05, 0) is 24.1 Å². The minimum absolute atomic E-state index is 0.0633. The zero-order valence-electron chi connectivity index (χ0n) is 16.7. The summed E-state index contributed by atoms with van der Waals surface area (Å²) in [6, 6.07) is 6.40. The van der Waals surface area contributed by atoms with Gasteiger partial charge < -0.3 is 35.8 Å². The normalized spacial score (nSPS) is 20.9. The van der Waals surface area contributed by atoms with Gasteiger partial charge in [-0.1, -0.05) is 12.1 Å². The SMILES string of the molecule is Nc1nc(=O)n([C@H]2CC(O)[C@@H](COP(=O)(O)O)O2)cc1NC(=O)CCc1ccc(O)cc1. The highest BCUT2D eigenvalue weighted by atomic mass is 31.2. The van der Waals surface area contributed by atoms with E-state index in [2.05, 4.69) is 14.8 Å². The molecular weight excluding hydrogens is 447 g/mol. The molecule has 3 rings (SSSR count). The third-order valence-electron chi connectivity index (χ3n) is 4.75. The quantitative estimate of drug-likeness (QED) is 0.280. The number of ether oxygens (including phenoxy) is 1. The fraction of sp³-hybridized carbons (Fsp3) is 0.389. The Labute approximate surface area is 181 Å². The number of aryl methyl sites for hydroxylation is 1. The molecule has 1 saturated heterocycles. The maximum absolute atomic E-state index is 12.3. The number of phenols is 1. The van der Waals surface area contributed by atoms with Gasteiger partial charge in [0.05, 0.1) is 12.7 Å². The molecule has 0 bridgehead atoms. The molecule has 1 amide bonds. The van der Waals surface area contributed by atoms with Gasteiger partial charge >= 0.3 is 13.5 Å². The molecule has 2 heterocycles. The summed E-state index contributed by atoms with van der Waals surface area (Å²) < 4.78 is 21.7. The predicted octanol–water partition coefficient (Wildman–Crippen LogP) is -0.140. The smallest absolute Gasteiger partial charge is 0.469 e. The van der Waals surface area contributed by atoms with Gasteiger partial charge in [0.15, 0.2) is 5.82 Å². The Balaban J connectivity index is 1.66. The number of rotatable bonds is 8. The molecule has 0 spiro atoms. The van der Waals surface area contributed by atoms with Crippen LogP contribution in [-0.4, -0.2) is 54.3 Å². The number of aliphatic hydroxyl groups excluding tert-OH is 1. The van der Waals surface area contributed by atoms with Crippen LogP contribution >= 0.6 is 7.82 Å². The summed E-state index contributed by atoms with van der Waals surface area (Å²) >= 11 is 0. The van der Waals surface area contributed by atoms with E-state index < -0.39 is 44.5 Å². The number of aromatic nitrogens is 2. The van der Waals surface area contributed by atoms with Crippen molar-refractivity contribution in [3.63, 3.8) is 0 Å². The number of benzene rings is 1. The maximum Gasteiger partial charge on any atom is 0.469 e. The summed E-state index contributed by atoms with van der Waals surface area (Å²) in [6.45, 7) is -0.583. The van der Waals surface area contributed by atoms with Gasteiger partial charge in [-0.15, -0.1) is 0 Å². The lowest BCUT2D eigenvalue weighted by molar-refractivity contribution is -0.116. The number of amides is 1. The first-order valence-electron chi connectivity index (χ1n) is 9.52. The number of nitrogen functional groups attached to an aromatic ring is 1. The number of nitrogens with one attached hydrogen (secondary N) is 1. The second-order valence-corrected chi connectivity index (χ2v) is 8.40. The molecule has 7 N–H and O–H groups in total. The number of hydrogen-bond acceptors (Lipinski definition) is 9. The van der Waals surface area contributed by atoms with Crippen molar-refractivity contribution in [2.45, 2.75) is 37.7 Å². The molecule has 1 aromatic carbocycles. The van der Waals surface area contributed by atoms with Gasteiger partial charge in [0.2, 0.25) is 5.91 Å². The summed E-state index contributed by atoms with van der Waals surface area (Å²) in [6.07, 6.45) is -1.59. The Kier molecular flexibility index (Phi) is 7.29. The average Bonchev–Trinajstić information content (AvgIpc) is 3.08. The van der Waals surface area contributed by atoms with Crippen molar-refractivity contribution in [2.24, 2.45) is 0 Å². The van der Waals surface area contributed by atoms with Crippen LogP contribution in [-0.2, 0) is 25.0 Å². The number of phosphoric acid groups is 1. The molecule has 0 aliphatic carbocycles. The number of phosphoric ester groups is 1. The Hall–Kier alpha value is -2.80. The van der Waals surface area contributed by atoms with Crippen molar-refractivity contribution >= 4 is 25.2 Å². The number of carbonyl (C=O) groups excluding carboxylic acids is 1. The van der Waals surface area contributed by atoms with Gasteiger partial charge in [-0.2, -0.15) is 4.98 Å². The summed E-state index contributed by atoms with van der Waals surface area (Å²) in [5, 5.41) is 21.9. The van der Waals surface area contributed by atoms with E-state index in [9.17, 15) is 24.4 Å². The number of hydrogen-bond donors (Lipinski definition) is 6. The number of phenolic OH excluding ortho intramolecular Hbond substituents is 1. The highest BCUT2D eigenvalue weighted by Gasteiger charge is 2.37. The molecule has 1 aliphatic heterocycles. The Morgan fingerprint density at radius 2 is 2.03 bits per heavy atom. The van der Waals surface area contributed by atoms with Gasteiger partial charge in [-0.3, -0.25) is 13.9 Å². The first-order chi connectivity index (χ1) is 15.0. The molecule has 1 fully saturated rings. The fourth-order valence-corrected chi connectivity index (χ4v) is 3.46. The van der Waals surface area contributed by atoms with Crippen LogP contribution in [0.25, 0.3) is 0 Å². The Morgan fingerprint density at radius 1 is 1.34 bits per heavy atom. The minimum Gasteiger partial charge on any atom is -0.508 e. The van der Waals surface area contributed by atoms with Crippen LogP contribution in [0.5, 0.6) is 5.75 Å². The zero-order valence-corrected chi connectivity index (χ0v) is 17.6. The average molecular weight is 470 g/mol. The van der Waals surface area contributed by atoms with E-state index in [0.29, 0.717) is 6.42 Å². The van der Waals surface area contributed by atoms with E-state index in [-0.39, 0.29) is 30.1 Å². The van der Waals surface area contributed by atoms with Crippen LogP contribution in [0.3, 0.4) is 0 Å². The van der Waals surface area contributed by atoms with E-state index >= 15 is 0 Å². The number of nitrogens with two attached hydrogens (primary N) is 1. The number of carbonyl (C=O) groups is 1. The molecule has 1 aromatic heterocycles. The third-order valence-corrected chi connectivity index (χ3v) is 5.24. The van der Waals surface area contributed by atoms with E-state index in [4.69, 9.17) is 20.3 Å². The predicted molar refractivity (Wildman–Crippen MR) is 110 cm³/mol. The van der Waals surface area contributed by atoms with Crippen LogP contribution < -0.4 is 16.7 Å². The molecule has 1 unspecified atom stereocenters. The standard InChI is InChI=1S/C18H23N4O9P/c19-17-12(20-15(25)6-3-10-1-4-11(23)5-2-10)8-22(18(26)21-17)16-7-13(24)14(31-16)9-30-32(27,28)29/h1-2,4-5,8,13-14,16,23-24H,3,6-7,9H2,(H,20,25)(H2,19,21,26)(H2,27,28,29)/t13?,14-,16-/m1/s1. The van der Waals surface area contributed by atoms with Crippen LogP contribution in [0.4, 0.5) is 11.5 Å².